The number of primary amides is 1. The van der Waals surface area contributed by atoms with Gasteiger partial charge in [0.2, 0.25) is 0 Å². The number of halogens is 4. The van der Waals surface area contributed by atoms with Gasteiger partial charge in [0.1, 0.15) is 0 Å². The molecule has 4 nitrogen and oxygen atoms in total. The molecule has 100 valence electrons. The van der Waals surface area contributed by atoms with Crippen LogP contribution in [0.25, 0.3) is 0 Å². The van der Waals surface area contributed by atoms with Gasteiger partial charge in [0.25, 0.3) is 5.91 Å². The second-order valence-corrected chi connectivity index (χ2v) is 3.58. The van der Waals surface area contributed by atoms with Crippen LogP contribution in [0.3, 0.4) is 0 Å². The van der Waals surface area contributed by atoms with Gasteiger partial charge in [0.05, 0.1) is 12.1 Å². The maximum atomic E-state index is 12.7. The minimum absolute atomic E-state index is 0.103. The first kappa shape index (κ1) is 14.1. The number of carbonyl (C=O) groups excluding carboxylic acids is 1. The molecule has 0 saturated carbocycles. The van der Waals surface area contributed by atoms with Crippen LogP contribution in [0, 0.1) is 0 Å². The molecule has 0 unspecified atom stereocenters. The molecule has 5 N–H and O–H groups in total. The fraction of sp³-hybridized carbons (Fsp3) is 0.300. The lowest BCUT2D eigenvalue weighted by Crippen LogP contribution is -2.35. The summed E-state index contributed by atoms with van der Waals surface area (Å²) in [7, 11) is 0. The van der Waals surface area contributed by atoms with E-state index in [4.69, 9.17) is 11.5 Å². The van der Waals surface area contributed by atoms with Crippen LogP contribution in [-0.2, 0) is 0 Å². The Balaban J connectivity index is 2.90. The quantitative estimate of drug-likeness (QED) is 0.559. The summed E-state index contributed by atoms with van der Waals surface area (Å²) in [6.45, 7) is -1.33. The Morgan fingerprint density at radius 3 is 2.50 bits per heavy atom. The van der Waals surface area contributed by atoms with Crippen molar-refractivity contribution in [2.24, 2.45) is 5.73 Å². The van der Waals surface area contributed by atoms with Gasteiger partial charge in [-0.25, -0.2) is 8.78 Å². The Morgan fingerprint density at radius 1 is 1.39 bits per heavy atom. The van der Waals surface area contributed by atoms with Crippen LogP contribution >= 0.6 is 0 Å². The summed E-state index contributed by atoms with van der Waals surface area (Å²) in [5.41, 5.74) is 10.4. The van der Waals surface area contributed by atoms with Crippen molar-refractivity contribution < 1.29 is 22.4 Å². The van der Waals surface area contributed by atoms with Crippen LogP contribution in [-0.4, -0.2) is 24.8 Å². The van der Waals surface area contributed by atoms with Crippen molar-refractivity contribution in [2.75, 3.05) is 17.6 Å². The van der Waals surface area contributed by atoms with Crippen LogP contribution in [0.15, 0.2) is 18.2 Å². The summed E-state index contributed by atoms with van der Waals surface area (Å²) in [4.78, 5) is 11.0. The molecule has 0 heterocycles. The Bertz CT molecular complexity index is 451. The summed E-state index contributed by atoms with van der Waals surface area (Å²) in [6.07, 6.45) is -3.80. The van der Waals surface area contributed by atoms with Gasteiger partial charge in [-0.2, -0.15) is 8.78 Å². The smallest absolute Gasteiger partial charge is 0.324 e. The van der Waals surface area contributed by atoms with Gasteiger partial charge < -0.3 is 16.8 Å². The van der Waals surface area contributed by atoms with E-state index in [2.05, 4.69) is 0 Å². The maximum absolute atomic E-state index is 12.7. The monoisotopic (exact) mass is 265 g/mol. The number of anilines is 2. The van der Waals surface area contributed by atoms with E-state index >= 15 is 0 Å². The highest BCUT2D eigenvalue weighted by Crippen LogP contribution is 2.25. The lowest BCUT2D eigenvalue weighted by molar-refractivity contribution is -0.117. The van der Waals surface area contributed by atoms with E-state index in [1.165, 1.54) is 18.2 Å². The number of hydrogen-bond acceptors (Lipinski definition) is 3. The number of nitrogens with two attached hydrogens (primary N) is 2. The van der Waals surface area contributed by atoms with Crippen molar-refractivity contribution in [1.82, 2.24) is 0 Å². The fourth-order valence-electron chi connectivity index (χ4n) is 1.21. The number of carbonyl (C=O) groups is 1. The van der Waals surface area contributed by atoms with Crippen molar-refractivity contribution in [1.29, 1.82) is 0 Å². The molecule has 1 rings (SSSR count). The van der Waals surface area contributed by atoms with Crippen molar-refractivity contribution >= 4 is 17.3 Å². The summed E-state index contributed by atoms with van der Waals surface area (Å²) in [5.74, 6) is -5.09. The lowest BCUT2D eigenvalue weighted by atomic mass is 10.1. The van der Waals surface area contributed by atoms with Crippen LogP contribution < -0.4 is 16.8 Å². The lowest BCUT2D eigenvalue weighted by Gasteiger charge is -2.18. The van der Waals surface area contributed by atoms with E-state index in [1.807, 2.05) is 5.32 Å². The Kier molecular flexibility index (Phi) is 4.00. The van der Waals surface area contributed by atoms with Gasteiger partial charge in [0, 0.05) is 11.4 Å². The Labute approximate surface area is 99.9 Å². The SMILES string of the molecule is NC(=O)c1ccc(N)cc1NCC(F)(F)C(F)F. The highest BCUT2D eigenvalue weighted by molar-refractivity contribution is 5.99. The molecule has 0 aliphatic heterocycles. The normalized spacial score (nSPS) is 11.6. The molecule has 1 amide bonds. The molecule has 0 atom stereocenters. The first-order valence-electron chi connectivity index (χ1n) is 4.83. The molecular weight excluding hydrogens is 254 g/mol. The second-order valence-electron chi connectivity index (χ2n) is 3.58. The van der Waals surface area contributed by atoms with E-state index in [0.717, 1.165) is 0 Å². The average molecular weight is 265 g/mol. The molecule has 0 aromatic heterocycles. The number of benzene rings is 1. The summed E-state index contributed by atoms with van der Waals surface area (Å²) < 4.78 is 49.3. The van der Waals surface area contributed by atoms with Gasteiger partial charge in [0.15, 0.2) is 0 Å². The number of amides is 1. The van der Waals surface area contributed by atoms with Crippen LogP contribution in [0.4, 0.5) is 28.9 Å². The maximum Gasteiger partial charge on any atom is 0.324 e. The molecule has 1 aromatic carbocycles. The molecule has 0 saturated heterocycles. The van der Waals surface area contributed by atoms with Gasteiger partial charge in [-0.15, -0.1) is 0 Å². The van der Waals surface area contributed by atoms with Crippen LogP contribution in [0.1, 0.15) is 10.4 Å². The molecule has 0 aliphatic rings. The standard InChI is InChI=1S/C10H11F4N3O/c11-9(12)10(13,14)4-17-7-3-5(15)1-2-6(7)8(16)18/h1-3,9,17H,4,15H2,(H2,16,18). The third-order valence-electron chi connectivity index (χ3n) is 2.14. The molecule has 0 radical (unpaired) electrons. The number of alkyl halides is 4. The zero-order valence-electron chi connectivity index (χ0n) is 9.09. The van der Waals surface area contributed by atoms with Crippen LogP contribution in [0.5, 0.6) is 0 Å². The molecule has 0 bridgehead atoms. The third-order valence-corrected chi connectivity index (χ3v) is 2.14. The predicted octanol–water partition coefficient (Wildman–Crippen LogP) is 1.68. The minimum atomic E-state index is -4.21. The topological polar surface area (TPSA) is 81.1 Å². The summed E-state index contributed by atoms with van der Waals surface area (Å²) in [5, 5.41) is 2.05. The molecular formula is C10H11F4N3O. The highest BCUT2D eigenvalue weighted by Gasteiger charge is 2.40. The molecule has 0 fully saturated rings. The van der Waals surface area contributed by atoms with E-state index < -0.39 is 24.8 Å². The van der Waals surface area contributed by atoms with Gasteiger partial charge in [-0.05, 0) is 18.2 Å². The first-order valence-corrected chi connectivity index (χ1v) is 4.83. The van der Waals surface area contributed by atoms with Crippen molar-refractivity contribution in [3.63, 3.8) is 0 Å². The predicted molar refractivity (Wildman–Crippen MR) is 58.8 cm³/mol. The molecule has 1 aromatic rings. The molecule has 18 heavy (non-hydrogen) atoms. The average Bonchev–Trinajstić information content (AvgIpc) is 2.26. The number of nitrogen functional groups attached to an aromatic ring is 1. The van der Waals surface area contributed by atoms with Crippen molar-refractivity contribution in [3.05, 3.63) is 23.8 Å². The van der Waals surface area contributed by atoms with Crippen molar-refractivity contribution in [2.45, 2.75) is 12.3 Å². The van der Waals surface area contributed by atoms with Crippen LogP contribution in [0.2, 0.25) is 0 Å². The third kappa shape index (κ3) is 3.25. The molecule has 0 aliphatic carbocycles. The zero-order chi connectivity index (χ0) is 13.9. The Hall–Kier alpha value is -1.99. The van der Waals surface area contributed by atoms with E-state index in [9.17, 15) is 22.4 Å². The highest BCUT2D eigenvalue weighted by atomic mass is 19.3. The van der Waals surface area contributed by atoms with Gasteiger partial charge >= 0.3 is 12.3 Å². The number of nitrogens with one attached hydrogen (secondary N) is 1. The largest absolute Gasteiger partial charge is 0.399 e. The van der Waals surface area contributed by atoms with Gasteiger partial charge in [-0.1, -0.05) is 0 Å². The zero-order valence-corrected chi connectivity index (χ0v) is 9.09. The number of hydrogen-bond donors (Lipinski definition) is 3. The molecule has 0 spiro atoms. The first-order chi connectivity index (χ1) is 8.24. The second kappa shape index (κ2) is 5.11. The number of rotatable bonds is 5. The minimum Gasteiger partial charge on any atom is -0.399 e. The van der Waals surface area contributed by atoms with E-state index in [1.54, 1.807) is 0 Å². The van der Waals surface area contributed by atoms with E-state index in [0.29, 0.717) is 0 Å². The van der Waals surface area contributed by atoms with Crippen molar-refractivity contribution in [3.8, 4) is 0 Å². The Morgan fingerprint density at radius 2 is 2.00 bits per heavy atom. The molecule has 8 heteroatoms. The summed E-state index contributed by atoms with van der Waals surface area (Å²) >= 11 is 0. The van der Waals surface area contributed by atoms with Gasteiger partial charge in [-0.3, -0.25) is 4.79 Å². The summed E-state index contributed by atoms with van der Waals surface area (Å²) in [6, 6.07) is 3.73. The van der Waals surface area contributed by atoms with E-state index in [-0.39, 0.29) is 16.9 Å². The fourth-order valence-corrected chi connectivity index (χ4v) is 1.21.